The van der Waals surface area contributed by atoms with Crippen molar-refractivity contribution in [3.05, 3.63) is 23.8 Å². The maximum absolute atomic E-state index is 5.34. The Morgan fingerprint density at radius 2 is 2.00 bits per heavy atom. The molecule has 1 atom stereocenters. The summed E-state index contributed by atoms with van der Waals surface area (Å²) in [6.45, 7) is 4.00. The number of ether oxygens (including phenoxy) is 2. The number of hydrogen-bond donors (Lipinski definition) is 2. The molecule has 0 amide bonds. The fourth-order valence-electron chi connectivity index (χ4n) is 3.08. The standard InChI is InChI=1S/C18H30N4O2.HI/c1-19-18(21-12-15-6-5-9-22(2)13-15)20-11-14-7-8-16(23-3)17(10-14)24-4;/h7-8,10,15H,5-6,9,11-13H2,1-4H3,(H2,19,20,21);1H. The third kappa shape index (κ3) is 6.89. The first-order chi connectivity index (χ1) is 11.7. The van der Waals surface area contributed by atoms with E-state index < -0.39 is 0 Å². The molecule has 25 heavy (non-hydrogen) atoms. The van der Waals surface area contributed by atoms with Crippen LogP contribution in [-0.2, 0) is 6.54 Å². The number of rotatable bonds is 6. The molecule has 1 fully saturated rings. The van der Waals surface area contributed by atoms with Crippen molar-refractivity contribution in [1.29, 1.82) is 0 Å². The van der Waals surface area contributed by atoms with Gasteiger partial charge in [-0.2, -0.15) is 0 Å². The van der Waals surface area contributed by atoms with Crippen molar-refractivity contribution in [1.82, 2.24) is 15.5 Å². The monoisotopic (exact) mass is 462 g/mol. The highest BCUT2D eigenvalue weighted by Crippen LogP contribution is 2.27. The first-order valence-corrected chi connectivity index (χ1v) is 8.50. The number of benzene rings is 1. The lowest BCUT2D eigenvalue weighted by molar-refractivity contribution is 0.210. The summed E-state index contributed by atoms with van der Waals surface area (Å²) in [4.78, 5) is 6.71. The summed E-state index contributed by atoms with van der Waals surface area (Å²) in [6, 6.07) is 5.93. The van der Waals surface area contributed by atoms with Gasteiger partial charge in [-0.1, -0.05) is 6.07 Å². The van der Waals surface area contributed by atoms with E-state index in [0.29, 0.717) is 12.5 Å². The summed E-state index contributed by atoms with van der Waals surface area (Å²) < 4.78 is 10.6. The van der Waals surface area contributed by atoms with Crippen LogP contribution in [0.2, 0.25) is 0 Å². The Morgan fingerprint density at radius 3 is 2.64 bits per heavy atom. The van der Waals surface area contributed by atoms with Crippen molar-refractivity contribution in [2.45, 2.75) is 19.4 Å². The highest BCUT2D eigenvalue weighted by molar-refractivity contribution is 14.0. The van der Waals surface area contributed by atoms with Crippen molar-refractivity contribution in [3.8, 4) is 11.5 Å². The van der Waals surface area contributed by atoms with Crippen molar-refractivity contribution in [3.63, 3.8) is 0 Å². The maximum atomic E-state index is 5.34. The molecule has 1 aliphatic heterocycles. The molecule has 2 N–H and O–H groups in total. The lowest BCUT2D eigenvalue weighted by Gasteiger charge is -2.30. The third-order valence-electron chi connectivity index (χ3n) is 4.41. The fourth-order valence-corrected chi connectivity index (χ4v) is 3.08. The van der Waals surface area contributed by atoms with Crippen LogP contribution in [0.15, 0.2) is 23.2 Å². The van der Waals surface area contributed by atoms with E-state index in [9.17, 15) is 0 Å². The van der Waals surface area contributed by atoms with Crippen LogP contribution in [0.5, 0.6) is 11.5 Å². The number of guanidine groups is 1. The highest BCUT2D eigenvalue weighted by Gasteiger charge is 2.17. The molecule has 0 bridgehead atoms. The zero-order chi connectivity index (χ0) is 17.4. The van der Waals surface area contributed by atoms with Gasteiger partial charge in [0.25, 0.3) is 0 Å². The normalized spacial score (nSPS) is 18.2. The van der Waals surface area contributed by atoms with Crippen molar-refractivity contribution in [2.75, 3.05) is 47.9 Å². The van der Waals surface area contributed by atoms with Gasteiger partial charge < -0.3 is 25.0 Å². The van der Waals surface area contributed by atoms with Crippen LogP contribution in [0.1, 0.15) is 18.4 Å². The summed E-state index contributed by atoms with van der Waals surface area (Å²) in [5, 5.41) is 6.79. The van der Waals surface area contributed by atoms with Crippen LogP contribution >= 0.6 is 24.0 Å². The molecule has 1 unspecified atom stereocenters. The number of piperidine rings is 1. The predicted octanol–water partition coefficient (Wildman–Crippen LogP) is 2.33. The highest BCUT2D eigenvalue weighted by atomic mass is 127. The molecule has 0 aromatic heterocycles. The molecule has 1 aromatic carbocycles. The zero-order valence-electron chi connectivity index (χ0n) is 15.7. The van der Waals surface area contributed by atoms with Gasteiger partial charge in [0.05, 0.1) is 14.2 Å². The Kier molecular flexibility index (Phi) is 9.96. The van der Waals surface area contributed by atoms with E-state index >= 15 is 0 Å². The molecule has 1 aliphatic rings. The Labute approximate surface area is 168 Å². The van der Waals surface area contributed by atoms with Gasteiger partial charge in [-0.3, -0.25) is 4.99 Å². The number of aliphatic imine (C=N–C) groups is 1. The number of hydrogen-bond acceptors (Lipinski definition) is 4. The SMILES string of the molecule is CN=C(NCc1ccc(OC)c(OC)c1)NCC1CCCN(C)C1.I. The van der Waals surface area contributed by atoms with Gasteiger partial charge in [0.1, 0.15) is 0 Å². The topological polar surface area (TPSA) is 58.1 Å². The molecule has 0 radical (unpaired) electrons. The Balaban J connectivity index is 0.00000312. The fraction of sp³-hybridized carbons (Fsp3) is 0.611. The van der Waals surface area contributed by atoms with Gasteiger partial charge >= 0.3 is 0 Å². The minimum atomic E-state index is 0. The average Bonchev–Trinajstić information content (AvgIpc) is 2.61. The number of likely N-dealkylation sites (tertiary alicyclic amines) is 1. The molecule has 6 nitrogen and oxygen atoms in total. The van der Waals surface area contributed by atoms with Gasteiger partial charge in [0.15, 0.2) is 17.5 Å². The van der Waals surface area contributed by atoms with Crippen LogP contribution in [-0.4, -0.2) is 58.8 Å². The van der Waals surface area contributed by atoms with Gasteiger partial charge in [-0.15, -0.1) is 24.0 Å². The second-order valence-electron chi connectivity index (χ2n) is 6.27. The Bertz CT molecular complexity index is 554. The van der Waals surface area contributed by atoms with Crippen LogP contribution < -0.4 is 20.1 Å². The second kappa shape index (κ2) is 11.4. The summed E-state index contributed by atoms with van der Waals surface area (Å²) in [7, 11) is 7.29. The zero-order valence-corrected chi connectivity index (χ0v) is 18.0. The summed E-state index contributed by atoms with van der Waals surface area (Å²) >= 11 is 0. The van der Waals surface area contributed by atoms with Crippen LogP contribution in [0.25, 0.3) is 0 Å². The lowest BCUT2D eigenvalue weighted by atomic mass is 9.99. The number of nitrogens with one attached hydrogen (secondary N) is 2. The molecule has 1 aromatic rings. The Morgan fingerprint density at radius 1 is 1.24 bits per heavy atom. The van der Waals surface area contributed by atoms with E-state index in [4.69, 9.17) is 9.47 Å². The Hall–Kier alpha value is -1.22. The minimum absolute atomic E-state index is 0. The van der Waals surface area contributed by atoms with Crippen LogP contribution in [0.3, 0.4) is 0 Å². The molecule has 7 heteroatoms. The van der Waals surface area contributed by atoms with E-state index in [-0.39, 0.29) is 24.0 Å². The molecule has 142 valence electrons. The molecule has 1 heterocycles. The molecule has 0 spiro atoms. The van der Waals surface area contributed by atoms with Gasteiger partial charge in [0.2, 0.25) is 0 Å². The van der Waals surface area contributed by atoms with Crippen molar-refractivity contribution in [2.24, 2.45) is 10.9 Å². The van der Waals surface area contributed by atoms with Crippen LogP contribution in [0, 0.1) is 5.92 Å². The predicted molar refractivity (Wildman–Crippen MR) is 113 cm³/mol. The molecule has 2 rings (SSSR count). The van der Waals surface area contributed by atoms with E-state index in [1.165, 1.54) is 19.4 Å². The maximum Gasteiger partial charge on any atom is 0.191 e. The summed E-state index contributed by atoms with van der Waals surface area (Å²) in [6.07, 6.45) is 2.56. The number of halogens is 1. The van der Waals surface area contributed by atoms with E-state index in [0.717, 1.165) is 36.1 Å². The quantitative estimate of drug-likeness (QED) is 0.386. The van der Waals surface area contributed by atoms with Crippen molar-refractivity contribution >= 4 is 29.9 Å². The largest absolute Gasteiger partial charge is 0.493 e. The van der Waals surface area contributed by atoms with E-state index in [1.807, 2.05) is 18.2 Å². The first-order valence-electron chi connectivity index (χ1n) is 8.50. The summed E-state index contributed by atoms with van der Waals surface area (Å²) in [5.41, 5.74) is 1.12. The number of nitrogens with zero attached hydrogens (tertiary/aromatic N) is 2. The average molecular weight is 462 g/mol. The van der Waals surface area contributed by atoms with Gasteiger partial charge in [-0.05, 0) is 50.0 Å². The number of methoxy groups -OCH3 is 2. The van der Waals surface area contributed by atoms with Gasteiger partial charge in [0, 0.05) is 26.7 Å². The molecular formula is C18H31IN4O2. The molecule has 1 saturated heterocycles. The summed E-state index contributed by atoms with van der Waals surface area (Å²) in [5.74, 6) is 3.00. The molecular weight excluding hydrogens is 431 g/mol. The van der Waals surface area contributed by atoms with E-state index in [2.05, 4.69) is 27.6 Å². The van der Waals surface area contributed by atoms with Gasteiger partial charge in [-0.25, -0.2) is 0 Å². The van der Waals surface area contributed by atoms with E-state index in [1.54, 1.807) is 21.3 Å². The lowest BCUT2D eigenvalue weighted by Crippen LogP contribution is -2.43. The minimum Gasteiger partial charge on any atom is -0.493 e. The van der Waals surface area contributed by atoms with Crippen molar-refractivity contribution < 1.29 is 9.47 Å². The first kappa shape index (κ1) is 21.8. The van der Waals surface area contributed by atoms with Crippen LogP contribution in [0.4, 0.5) is 0 Å². The molecule has 0 aliphatic carbocycles. The smallest absolute Gasteiger partial charge is 0.191 e. The second-order valence-corrected chi connectivity index (χ2v) is 6.27. The third-order valence-corrected chi connectivity index (χ3v) is 4.41. The molecule has 0 saturated carbocycles.